The molecule has 4 saturated carbocycles. The zero-order chi connectivity index (χ0) is 33.5. The lowest BCUT2D eigenvalue weighted by molar-refractivity contribution is -0.0399. The summed E-state index contributed by atoms with van der Waals surface area (Å²) in [7, 11) is 0. The Balaban J connectivity index is 1.04. The predicted molar refractivity (Wildman–Crippen MR) is 213 cm³/mol. The summed E-state index contributed by atoms with van der Waals surface area (Å²) in [5.74, 6) is 3.43. The van der Waals surface area contributed by atoms with Crippen LogP contribution in [0.5, 0.6) is 0 Å². The van der Waals surface area contributed by atoms with E-state index in [4.69, 9.17) is 0 Å². The maximum Gasteiger partial charge on any atom is 0.0540 e. The molecule has 51 heavy (non-hydrogen) atoms. The topological polar surface area (TPSA) is 3.24 Å². The maximum atomic E-state index is 2.55. The second-order valence-electron chi connectivity index (χ2n) is 15.8. The molecule has 0 heterocycles. The largest absolute Gasteiger partial charge is 0.310 e. The third-order valence-electron chi connectivity index (χ3n) is 13.3. The lowest BCUT2D eigenvalue weighted by Crippen LogP contribution is -2.55. The number of rotatable bonds is 5. The molecule has 0 radical (unpaired) electrons. The van der Waals surface area contributed by atoms with Crippen molar-refractivity contribution in [1.82, 2.24) is 0 Å². The van der Waals surface area contributed by atoms with Crippen molar-refractivity contribution in [3.05, 3.63) is 175 Å². The van der Waals surface area contributed by atoms with E-state index in [2.05, 4.69) is 169 Å². The van der Waals surface area contributed by atoms with Crippen LogP contribution in [0.1, 0.15) is 43.2 Å². The molecule has 0 amide bonds. The van der Waals surface area contributed by atoms with Crippen LogP contribution >= 0.6 is 0 Å². The third kappa shape index (κ3) is 4.40. The molecule has 7 aromatic rings. The molecule has 0 aliphatic heterocycles. The minimum atomic E-state index is 0.180. The zero-order valence-electron chi connectivity index (χ0n) is 28.9. The van der Waals surface area contributed by atoms with Crippen LogP contribution < -0.4 is 4.90 Å². The predicted octanol–water partition coefficient (Wildman–Crippen LogP) is 13.4. The first-order valence-electron chi connectivity index (χ1n) is 19.0. The molecule has 1 nitrogen and oxygen atoms in total. The summed E-state index contributed by atoms with van der Waals surface area (Å²) in [5, 5.41) is 2.52. The van der Waals surface area contributed by atoms with Crippen LogP contribution in [0.15, 0.2) is 164 Å². The van der Waals surface area contributed by atoms with Crippen molar-refractivity contribution < 1.29 is 0 Å². The zero-order valence-corrected chi connectivity index (χ0v) is 28.9. The average molecular weight is 656 g/mol. The van der Waals surface area contributed by atoms with Gasteiger partial charge >= 0.3 is 0 Å². The SMILES string of the molecule is c1ccc(-c2ccc(-c3ccc(N(c4ccc5c(c4)-c4ccccc4C54C5CC6CC(C5)CC4C6)c4cccc5ccccc45)cc3)cc2)cc1. The van der Waals surface area contributed by atoms with Crippen LogP contribution in [0, 0.1) is 23.7 Å². The quantitative estimate of drug-likeness (QED) is 0.178. The van der Waals surface area contributed by atoms with Gasteiger partial charge in [-0.15, -0.1) is 0 Å². The van der Waals surface area contributed by atoms with Gasteiger partial charge in [0.1, 0.15) is 0 Å². The number of fused-ring (bicyclic) bond motifs is 4. The highest BCUT2D eigenvalue weighted by Gasteiger charge is 2.61. The fraction of sp³-hybridized carbons (Fsp3) is 0.200. The fourth-order valence-electron chi connectivity index (χ4n) is 11.4. The highest BCUT2D eigenvalue weighted by atomic mass is 15.1. The van der Waals surface area contributed by atoms with E-state index in [0.717, 1.165) is 23.7 Å². The van der Waals surface area contributed by atoms with Crippen LogP contribution in [0.25, 0.3) is 44.2 Å². The van der Waals surface area contributed by atoms with Crippen molar-refractivity contribution in [3.8, 4) is 33.4 Å². The van der Waals surface area contributed by atoms with Gasteiger partial charge in [-0.3, -0.25) is 0 Å². The van der Waals surface area contributed by atoms with Gasteiger partial charge in [-0.25, -0.2) is 0 Å². The minimum absolute atomic E-state index is 0.180. The average Bonchev–Trinajstić information content (AvgIpc) is 3.48. The lowest BCUT2D eigenvalue weighted by atomic mass is 9.43. The minimum Gasteiger partial charge on any atom is -0.310 e. The first-order valence-corrected chi connectivity index (χ1v) is 19.0. The Hall–Kier alpha value is -5.40. The van der Waals surface area contributed by atoms with E-state index in [0.29, 0.717) is 0 Å². The van der Waals surface area contributed by atoms with Crippen LogP contribution in [0.3, 0.4) is 0 Å². The molecule has 4 fully saturated rings. The van der Waals surface area contributed by atoms with Gasteiger partial charge in [0.2, 0.25) is 0 Å². The van der Waals surface area contributed by atoms with Crippen molar-refractivity contribution in [2.45, 2.75) is 37.5 Å². The number of hydrogen-bond donors (Lipinski definition) is 0. The summed E-state index contributed by atoms with van der Waals surface area (Å²) in [5.41, 5.74) is 14.9. The third-order valence-corrected chi connectivity index (χ3v) is 13.3. The Kier molecular flexibility index (Phi) is 6.50. The lowest BCUT2D eigenvalue weighted by Gasteiger charge is -2.61. The van der Waals surface area contributed by atoms with E-state index in [1.54, 1.807) is 11.1 Å². The van der Waals surface area contributed by atoms with Gasteiger partial charge in [0.15, 0.2) is 0 Å². The van der Waals surface area contributed by atoms with E-state index in [1.165, 1.54) is 93.3 Å². The summed E-state index contributed by atoms with van der Waals surface area (Å²) in [6, 6.07) is 61.3. The van der Waals surface area contributed by atoms with Crippen LogP contribution in [-0.4, -0.2) is 0 Å². The molecule has 0 atom stereocenters. The molecule has 1 heteroatoms. The standard InChI is InChI=1S/C50H41N/c1-2-9-35(10-3-1)36-17-19-37(20-18-36)38-21-23-42(24-22-38)51(49-16-8-12-39-11-4-5-13-44(39)49)43-25-26-48-46(32-43)45-14-6-7-15-47(45)50(48)40-28-33-27-34(30-40)31-41(50)29-33/h1-26,32-34,40-41H,27-31H2. The summed E-state index contributed by atoms with van der Waals surface area (Å²) >= 11 is 0. The summed E-state index contributed by atoms with van der Waals surface area (Å²) in [6.07, 6.45) is 7.12. The smallest absolute Gasteiger partial charge is 0.0540 e. The highest BCUT2D eigenvalue weighted by Crippen LogP contribution is 2.69. The van der Waals surface area contributed by atoms with Gasteiger partial charge < -0.3 is 4.90 Å². The van der Waals surface area contributed by atoms with E-state index in [9.17, 15) is 0 Å². The number of nitrogens with zero attached hydrogens (tertiary/aromatic N) is 1. The second-order valence-corrected chi connectivity index (χ2v) is 15.8. The van der Waals surface area contributed by atoms with Crippen molar-refractivity contribution in [1.29, 1.82) is 0 Å². The van der Waals surface area contributed by atoms with Gasteiger partial charge in [-0.2, -0.15) is 0 Å². The first-order chi connectivity index (χ1) is 25.2. The summed E-state index contributed by atoms with van der Waals surface area (Å²) < 4.78 is 0. The van der Waals surface area contributed by atoms with Gasteiger partial charge in [-0.1, -0.05) is 133 Å². The molecule has 246 valence electrons. The number of hydrogen-bond acceptors (Lipinski definition) is 1. The Morgan fingerprint density at radius 2 is 0.961 bits per heavy atom. The van der Waals surface area contributed by atoms with Gasteiger partial charge in [0, 0.05) is 22.2 Å². The van der Waals surface area contributed by atoms with E-state index in [-0.39, 0.29) is 5.41 Å². The Morgan fingerprint density at radius 1 is 0.412 bits per heavy atom. The van der Waals surface area contributed by atoms with Crippen LogP contribution in [0.4, 0.5) is 17.1 Å². The molecule has 1 spiro atoms. The molecule has 0 unspecified atom stereocenters. The molecule has 12 rings (SSSR count). The van der Waals surface area contributed by atoms with Gasteiger partial charge in [-0.05, 0) is 136 Å². The second kappa shape index (κ2) is 11.3. The molecule has 5 aliphatic carbocycles. The monoisotopic (exact) mass is 655 g/mol. The Labute approximate surface area is 301 Å². The van der Waals surface area contributed by atoms with E-state index in [1.807, 2.05) is 0 Å². The maximum absolute atomic E-state index is 2.55. The van der Waals surface area contributed by atoms with Crippen molar-refractivity contribution in [2.24, 2.45) is 23.7 Å². The summed E-state index contributed by atoms with van der Waals surface area (Å²) in [6.45, 7) is 0. The van der Waals surface area contributed by atoms with Crippen LogP contribution in [-0.2, 0) is 5.41 Å². The molecule has 0 N–H and O–H groups in total. The molecule has 5 aliphatic rings. The normalized spacial score (nSPS) is 23.8. The number of benzene rings is 7. The Bertz CT molecular complexity index is 2390. The number of anilines is 3. The summed E-state index contributed by atoms with van der Waals surface area (Å²) in [4.78, 5) is 2.50. The molecule has 4 bridgehead atoms. The molecular weight excluding hydrogens is 615 g/mol. The van der Waals surface area contributed by atoms with Gasteiger partial charge in [0.25, 0.3) is 0 Å². The van der Waals surface area contributed by atoms with Crippen molar-refractivity contribution >= 4 is 27.8 Å². The molecule has 7 aromatic carbocycles. The van der Waals surface area contributed by atoms with E-state index >= 15 is 0 Å². The molecule has 0 aromatic heterocycles. The highest BCUT2D eigenvalue weighted by molar-refractivity contribution is 5.99. The molecular formula is C50H41N. The Morgan fingerprint density at radius 3 is 1.69 bits per heavy atom. The van der Waals surface area contributed by atoms with Crippen molar-refractivity contribution in [3.63, 3.8) is 0 Å². The first kappa shape index (κ1) is 29.3. The van der Waals surface area contributed by atoms with Crippen molar-refractivity contribution in [2.75, 3.05) is 4.90 Å². The van der Waals surface area contributed by atoms with Gasteiger partial charge in [0.05, 0.1) is 5.69 Å². The molecule has 0 saturated heterocycles. The van der Waals surface area contributed by atoms with Crippen LogP contribution in [0.2, 0.25) is 0 Å². The fourth-order valence-corrected chi connectivity index (χ4v) is 11.4. The van der Waals surface area contributed by atoms with E-state index < -0.39 is 0 Å².